The van der Waals surface area contributed by atoms with Gasteiger partial charge in [-0.3, -0.25) is 4.99 Å². The molecule has 1 aliphatic rings. The summed E-state index contributed by atoms with van der Waals surface area (Å²) in [6, 6.07) is 6.43. The Balaban J connectivity index is 2.14. The summed E-state index contributed by atoms with van der Waals surface area (Å²) in [4.78, 5) is 4.59. The van der Waals surface area contributed by atoms with E-state index in [1.54, 1.807) is 0 Å². The number of hydrogen-bond donors (Lipinski definition) is 2. The molecular weight excluding hydrogens is 302 g/mol. The molecular formula is C19H27N3O2. The third-order valence-corrected chi connectivity index (χ3v) is 4.27. The van der Waals surface area contributed by atoms with Crippen molar-refractivity contribution in [2.75, 3.05) is 31.6 Å². The standard InChI is InChI=1S/C19H27N3O2/c1-12(2)10-21-14-5-6-17-15(9-14)18(16-11-24-8-7-20-16)19(23)22(17)13(3)4/h5-6,9,12-13,21,23H,7-8,10-11H2,1-4H3. The molecule has 5 nitrogen and oxygen atoms in total. The molecule has 130 valence electrons. The van der Waals surface area contributed by atoms with E-state index < -0.39 is 0 Å². The van der Waals surface area contributed by atoms with Crippen LogP contribution in [0.25, 0.3) is 10.9 Å². The van der Waals surface area contributed by atoms with E-state index >= 15 is 0 Å². The molecule has 0 aliphatic carbocycles. The molecule has 0 bridgehead atoms. The van der Waals surface area contributed by atoms with Crippen LogP contribution in [0.2, 0.25) is 0 Å². The zero-order valence-electron chi connectivity index (χ0n) is 15.0. The van der Waals surface area contributed by atoms with Gasteiger partial charge in [0, 0.05) is 23.7 Å². The molecule has 0 fully saturated rings. The van der Waals surface area contributed by atoms with Crippen LogP contribution in [0.5, 0.6) is 5.88 Å². The molecule has 0 unspecified atom stereocenters. The third kappa shape index (κ3) is 3.13. The van der Waals surface area contributed by atoms with Gasteiger partial charge in [0.15, 0.2) is 0 Å². The Hall–Kier alpha value is -2.01. The van der Waals surface area contributed by atoms with E-state index in [0.717, 1.165) is 34.4 Å². The van der Waals surface area contributed by atoms with Crippen molar-refractivity contribution in [3.05, 3.63) is 23.8 Å². The lowest BCUT2D eigenvalue weighted by molar-refractivity contribution is 0.171. The largest absolute Gasteiger partial charge is 0.494 e. The van der Waals surface area contributed by atoms with Gasteiger partial charge < -0.3 is 19.7 Å². The number of nitrogens with zero attached hydrogens (tertiary/aromatic N) is 2. The second kappa shape index (κ2) is 6.85. The van der Waals surface area contributed by atoms with Crippen LogP contribution in [0.1, 0.15) is 39.3 Å². The highest BCUT2D eigenvalue weighted by Crippen LogP contribution is 2.36. The van der Waals surface area contributed by atoms with Crippen molar-refractivity contribution in [2.24, 2.45) is 10.9 Å². The Kier molecular flexibility index (Phi) is 4.81. The second-order valence-electron chi connectivity index (χ2n) is 7.05. The zero-order valence-corrected chi connectivity index (χ0v) is 15.0. The fourth-order valence-corrected chi connectivity index (χ4v) is 3.15. The average Bonchev–Trinajstić information content (AvgIpc) is 2.85. The zero-order chi connectivity index (χ0) is 17.3. The first-order chi connectivity index (χ1) is 11.5. The van der Waals surface area contributed by atoms with Crippen LogP contribution in [-0.4, -0.2) is 41.7 Å². The maximum absolute atomic E-state index is 10.9. The molecule has 0 saturated carbocycles. The van der Waals surface area contributed by atoms with Crippen molar-refractivity contribution < 1.29 is 9.84 Å². The van der Waals surface area contributed by atoms with Crippen molar-refractivity contribution in [1.29, 1.82) is 0 Å². The molecule has 3 rings (SSSR count). The van der Waals surface area contributed by atoms with Crippen LogP contribution in [0.3, 0.4) is 0 Å². The van der Waals surface area contributed by atoms with E-state index in [2.05, 4.69) is 56.2 Å². The summed E-state index contributed by atoms with van der Waals surface area (Å²) < 4.78 is 7.52. The molecule has 2 heterocycles. The number of ether oxygens (including phenoxy) is 1. The minimum Gasteiger partial charge on any atom is -0.494 e. The quantitative estimate of drug-likeness (QED) is 0.877. The molecule has 2 N–H and O–H groups in total. The van der Waals surface area contributed by atoms with Crippen LogP contribution < -0.4 is 5.32 Å². The summed E-state index contributed by atoms with van der Waals surface area (Å²) >= 11 is 0. The molecule has 0 spiro atoms. The molecule has 1 aliphatic heterocycles. The molecule has 24 heavy (non-hydrogen) atoms. The lowest BCUT2D eigenvalue weighted by Crippen LogP contribution is -2.19. The first kappa shape index (κ1) is 16.8. The minimum atomic E-state index is 0.167. The summed E-state index contributed by atoms with van der Waals surface area (Å²) in [7, 11) is 0. The first-order valence-electron chi connectivity index (χ1n) is 8.71. The number of aliphatic imine (C=N–C) groups is 1. The predicted octanol–water partition coefficient (Wildman–Crippen LogP) is 3.82. The number of rotatable bonds is 5. The SMILES string of the molecule is CC(C)CNc1ccc2c(c1)c(C1=NCCOC1)c(O)n2C(C)C. The number of fused-ring (bicyclic) bond motifs is 1. The normalized spacial score (nSPS) is 15.3. The fraction of sp³-hybridized carbons (Fsp3) is 0.526. The van der Waals surface area contributed by atoms with Crippen LogP contribution in [0.4, 0.5) is 5.69 Å². The van der Waals surface area contributed by atoms with Gasteiger partial charge in [0.05, 0.1) is 36.6 Å². The number of nitrogens with one attached hydrogen (secondary N) is 1. The highest BCUT2D eigenvalue weighted by Gasteiger charge is 2.23. The third-order valence-electron chi connectivity index (χ3n) is 4.27. The number of hydrogen-bond acceptors (Lipinski definition) is 4. The summed E-state index contributed by atoms with van der Waals surface area (Å²) in [6.45, 7) is 11.2. The molecule has 2 aromatic rings. The lowest BCUT2D eigenvalue weighted by Gasteiger charge is -2.14. The van der Waals surface area contributed by atoms with E-state index in [-0.39, 0.29) is 11.9 Å². The average molecular weight is 329 g/mol. The summed E-state index contributed by atoms with van der Waals surface area (Å²) in [5.41, 5.74) is 3.74. The lowest BCUT2D eigenvalue weighted by atomic mass is 10.1. The van der Waals surface area contributed by atoms with Crippen molar-refractivity contribution in [1.82, 2.24) is 4.57 Å². The van der Waals surface area contributed by atoms with Crippen LogP contribution in [0.15, 0.2) is 23.2 Å². The Bertz CT molecular complexity index is 760. The van der Waals surface area contributed by atoms with E-state index in [1.165, 1.54) is 0 Å². The number of aromatic nitrogens is 1. The summed E-state index contributed by atoms with van der Waals surface area (Å²) in [5, 5.41) is 15.3. The Labute approximate surface area is 143 Å². The van der Waals surface area contributed by atoms with Gasteiger partial charge in [-0.25, -0.2) is 0 Å². The molecule has 0 atom stereocenters. The van der Waals surface area contributed by atoms with E-state index in [4.69, 9.17) is 4.74 Å². The second-order valence-corrected chi connectivity index (χ2v) is 7.05. The number of anilines is 1. The summed E-state index contributed by atoms with van der Waals surface area (Å²) in [5.74, 6) is 0.857. The minimum absolute atomic E-state index is 0.167. The van der Waals surface area contributed by atoms with Gasteiger partial charge in [0.25, 0.3) is 0 Å². The van der Waals surface area contributed by atoms with Crippen LogP contribution in [-0.2, 0) is 4.74 Å². The van der Waals surface area contributed by atoms with Gasteiger partial charge in [-0.2, -0.15) is 0 Å². The van der Waals surface area contributed by atoms with Crippen LogP contribution in [0, 0.1) is 5.92 Å². The summed E-state index contributed by atoms with van der Waals surface area (Å²) in [6.07, 6.45) is 0. The Morgan fingerprint density at radius 2 is 2.08 bits per heavy atom. The molecule has 5 heteroatoms. The van der Waals surface area contributed by atoms with Gasteiger partial charge in [0.1, 0.15) is 0 Å². The van der Waals surface area contributed by atoms with Crippen LogP contribution >= 0.6 is 0 Å². The highest BCUT2D eigenvalue weighted by atomic mass is 16.5. The number of benzene rings is 1. The van der Waals surface area contributed by atoms with Gasteiger partial charge in [-0.05, 0) is 38.0 Å². The van der Waals surface area contributed by atoms with E-state index in [1.807, 2.05) is 4.57 Å². The van der Waals surface area contributed by atoms with Gasteiger partial charge in [-0.1, -0.05) is 13.8 Å². The number of aromatic hydroxyl groups is 1. The molecule has 1 aromatic carbocycles. The molecule has 1 aromatic heterocycles. The van der Waals surface area contributed by atoms with Crippen molar-refractivity contribution in [3.63, 3.8) is 0 Å². The fourth-order valence-electron chi connectivity index (χ4n) is 3.15. The van der Waals surface area contributed by atoms with E-state index in [9.17, 15) is 5.11 Å². The van der Waals surface area contributed by atoms with E-state index in [0.29, 0.717) is 25.7 Å². The predicted molar refractivity (Wildman–Crippen MR) is 99.5 cm³/mol. The monoisotopic (exact) mass is 329 g/mol. The Morgan fingerprint density at radius 1 is 1.29 bits per heavy atom. The van der Waals surface area contributed by atoms with Gasteiger partial charge in [0.2, 0.25) is 5.88 Å². The van der Waals surface area contributed by atoms with Crippen molar-refractivity contribution in [2.45, 2.75) is 33.7 Å². The maximum atomic E-state index is 10.9. The molecule has 0 radical (unpaired) electrons. The molecule has 0 saturated heterocycles. The molecule has 0 amide bonds. The highest BCUT2D eigenvalue weighted by molar-refractivity contribution is 6.14. The Morgan fingerprint density at radius 3 is 2.71 bits per heavy atom. The van der Waals surface area contributed by atoms with Gasteiger partial charge >= 0.3 is 0 Å². The smallest absolute Gasteiger partial charge is 0.201 e. The van der Waals surface area contributed by atoms with Crippen molar-refractivity contribution in [3.8, 4) is 5.88 Å². The topological polar surface area (TPSA) is 58.8 Å². The first-order valence-corrected chi connectivity index (χ1v) is 8.71. The van der Waals surface area contributed by atoms with Crippen molar-refractivity contribution >= 4 is 22.3 Å². The maximum Gasteiger partial charge on any atom is 0.201 e. The van der Waals surface area contributed by atoms with Gasteiger partial charge in [-0.15, -0.1) is 0 Å².